The topological polar surface area (TPSA) is 44.0 Å². The number of nitrogens with one attached hydrogen (secondary N) is 2. The molecule has 0 atom stereocenters. The standard InChI is InChI=1S/C18H20N4/c1-2-6-16-14(5-1)15(13-20-16)17-7-3-8-18(21-17)22-11-4-9-19-10-12-22/h1-3,5-8,13,19-20H,4,9-12H2. The van der Waals surface area contributed by atoms with E-state index in [9.17, 15) is 0 Å². The fraction of sp³-hybridized carbons (Fsp3) is 0.278. The lowest BCUT2D eigenvalue weighted by atomic mass is 10.1. The highest BCUT2D eigenvalue weighted by Gasteiger charge is 2.13. The van der Waals surface area contributed by atoms with E-state index in [2.05, 4.69) is 63.9 Å². The summed E-state index contributed by atoms with van der Waals surface area (Å²) < 4.78 is 0. The van der Waals surface area contributed by atoms with Gasteiger partial charge in [0.25, 0.3) is 0 Å². The molecule has 112 valence electrons. The molecule has 0 aliphatic carbocycles. The Morgan fingerprint density at radius 3 is 2.91 bits per heavy atom. The third-order valence-corrected chi connectivity index (χ3v) is 4.26. The first-order chi connectivity index (χ1) is 10.9. The van der Waals surface area contributed by atoms with Crippen LogP contribution in [0.15, 0.2) is 48.7 Å². The second-order valence-corrected chi connectivity index (χ2v) is 5.72. The summed E-state index contributed by atoms with van der Waals surface area (Å²) in [6.45, 7) is 4.21. The minimum Gasteiger partial charge on any atom is -0.360 e. The van der Waals surface area contributed by atoms with Crippen molar-refractivity contribution in [2.24, 2.45) is 0 Å². The van der Waals surface area contributed by atoms with Crippen molar-refractivity contribution in [1.29, 1.82) is 0 Å². The molecule has 3 aromatic rings. The predicted octanol–water partition coefficient (Wildman–Crippen LogP) is 3.03. The third kappa shape index (κ3) is 2.46. The average molecular weight is 292 g/mol. The minimum absolute atomic E-state index is 1.02. The quantitative estimate of drug-likeness (QED) is 0.763. The molecule has 1 aromatic carbocycles. The Bertz CT molecular complexity index is 769. The molecule has 4 heteroatoms. The Balaban J connectivity index is 1.72. The number of anilines is 1. The molecule has 1 fully saturated rings. The molecule has 4 nitrogen and oxygen atoms in total. The fourth-order valence-electron chi connectivity index (χ4n) is 3.11. The van der Waals surface area contributed by atoms with Crippen molar-refractivity contribution in [3.8, 4) is 11.3 Å². The van der Waals surface area contributed by atoms with Gasteiger partial charge in [-0.25, -0.2) is 4.98 Å². The van der Waals surface area contributed by atoms with Gasteiger partial charge in [0.05, 0.1) is 5.69 Å². The summed E-state index contributed by atoms with van der Waals surface area (Å²) in [5.74, 6) is 1.08. The average Bonchev–Trinajstić information content (AvgIpc) is 2.81. The first-order valence-corrected chi connectivity index (χ1v) is 7.91. The van der Waals surface area contributed by atoms with E-state index in [1.54, 1.807) is 0 Å². The van der Waals surface area contributed by atoms with Crippen LogP contribution in [-0.2, 0) is 0 Å². The van der Waals surface area contributed by atoms with E-state index in [-0.39, 0.29) is 0 Å². The molecule has 0 bridgehead atoms. The number of fused-ring (bicyclic) bond motifs is 1. The molecule has 1 aliphatic heterocycles. The van der Waals surface area contributed by atoms with Crippen LogP contribution >= 0.6 is 0 Å². The summed E-state index contributed by atoms with van der Waals surface area (Å²) in [7, 11) is 0. The fourth-order valence-corrected chi connectivity index (χ4v) is 3.11. The molecule has 0 radical (unpaired) electrons. The molecule has 2 aromatic heterocycles. The number of para-hydroxylation sites is 1. The number of H-pyrrole nitrogens is 1. The Kier molecular flexibility index (Phi) is 3.52. The maximum Gasteiger partial charge on any atom is 0.129 e. The van der Waals surface area contributed by atoms with Gasteiger partial charge in [0.1, 0.15) is 5.82 Å². The molecule has 4 rings (SSSR count). The van der Waals surface area contributed by atoms with E-state index >= 15 is 0 Å². The summed E-state index contributed by atoms with van der Waals surface area (Å²) in [5.41, 5.74) is 3.36. The minimum atomic E-state index is 1.02. The van der Waals surface area contributed by atoms with Crippen molar-refractivity contribution in [3.05, 3.63) is 48.7 Å². The first kappa shape index (κ1) is 13.3. The molecule has 0 unspecified atom stereocenters. The van der Waals surface area contributed by atoms with Crippen LogP contribution < -0.4 is 10.2 Å². The number of aromatic amines is 1. The zero-order valence-electron chi connectivity index (χ0n) is 12.5. The Morgan fingerprint density at radius 2 is 1.91 bits per heavy atom. The van der Waals surface area contributed by atoms with E-state index in [1.807, 2.05) is 0 Å². The monoisotopic (exact) mass is 292 g/mol. The zero-order chi connectivity index (χ0) is 14.8. The maximum absolute atomic E-state index is 4.91. The van der Waals surface area contributed by atoms with Crippen LogP contribution in [0.3, 0.4) is 0 Å². The Labute approximate surface area is 130 Å². The molecule has 0 spiro atoms. The van der Waals surface area contributed by atoms with Gasteiger partial charge in [0.2, 0.25) is 0 Å². The van der Waals surface area contributed by atoms with E-state index < -0.39 is 0 Å². The van der Waals surface area contributed by atoms with Gasteiger partial charge in [-0.2, -0.15) is 0 Å². The second kappa shape index (κ2) is 5.81. The molecule has 0 amide bonds. The number of pyridine rings is 1. The van der Waals surface area contributed by atoms with E-state index in [0.29, 0.717) is 0 Å². The highest BCUT2D eigenvalue weighted by atomic mass is 15.2. The van der Waals surface area contributed by atoms with Gasteiger partial charge in [-0.15, -0.1) is 0 Å². The van der Waals surface area contributed by atoms with Crippen LogP contribution in [0.1, 0.15) is 6.42 Å². The van der Waals surface area contributed by atoms with Crippen molar-refractivity contribution in [3.63, 3.8) is 0 Å². The second-order valence-electron chi connectivity index (χ2n) is 5.72. The molecule has 1 aliphatic rings. The lowest BCUT2D eigenvalue weighted by Gasteiger charge is -2.21. The number of hydrogen-bond acceptors (Lipinski definition) is 3. The van der Waals surface area contributed by atoms with Crippen molar-refractivity contribution in [2.75, 3.05) is 31.1 Å². The van der Waals surface area contributed by atoms with Gasteiger partial charge in [0, 0.05) is 42.3 Å². The summed E-state index contributed by atoms with van der Waals surface area (Å²) in [5, 5.41) is 4.67. The first-order valence-electron chi connectivity index (χ1n) is 7.91. The van der Waals surface area contributed by atoms with E-state index in [1.165, 1.54) is 17.4 Å². The third-order valence-electron chi connectivity index (χ3n) is 4.26. The van der Waals surface area contributed by atoms with Crippen LogP contribution in [-0.4, -0.2) is 36.1 Å². The molecule has 0 saturated carbocycles. The van der Waals surface area contributed by atoms with Crippen molar-refractivity contribution < 1.29 is 0 Å². The smallest absolute Gasteiger partial charge is 0.129 e. The normalized spacial score (nSPS) is 15.9. The number of hydrogen-bond donors (Lipinski definition) is 2. The zero-order valence-corrected chi connectivity index (χ0v) is 12.5. The molecular weight excluding hydrogens is 272 g/mol. The lowest BCUT2D eigenvalue weighted by molar-refractivity contribution is 0.724. The summed E-state index contributed by atoms with van der Waals surface area (Å²) >= 11 is 0. The van der Waals surface area contributed by atoms with Crippen molar-refractivity contribution >= 4 is 16.7 Å². The Morgan fingerprint density at radius 1 is 0.955 bits per heavy atom. The summed E-state index contributed by atoms with van der Waals surface area (Å²) in [6.07, 6.45) is 3.22. The number of rotatable bonds is 2. The van der Waals surface area contributed by atoms with E-state index in [4.69, 9.17) is 4.98 Å². The molecule has 2 N–H and O–H groups in total. The number of nitrogens with zero attached hydrogens (tertiary/aromatic N) is 2. The van der Waals surface area contributed by atoms with Gasteiger partial charge in [-0.1, -0.05) is 24.3 Å². The van der Waals surface area contributed by atoms with Gasteiger partial charge in [-0.3, -0.25) is 0 Å². The summed E-state index contributed by atoms with van der Waals surface area (Å²) in [6, 6.07) is 14.7. The van der Waals surface area contributed by atoms with Crippen LogP contribution in [0.5, 0.6) is 0 Å². The Hall–Kier alpha value is -2.33. The SMILES string of the molecule is c1cc(-c2c[nH]c3ccccc23)nc(N2CCCNCC2)c1. The van der Waals surface area contributed by atoms with Gasteiger partial charge >= 0.3 is 0 Å². The van der Waals surface area contributed by atoms with Crippen molar-refractivity contribution in [1.82, 2.24) is 15.3 Å². The van der Waals surface area contributed by atoms with Crippen LogP contribution in [0.4, 0.5) is 5.82 Å². The largest absolute Gasteiger partial charge is 0.360 e. The molecule has 1 saturated heterocycles. The van der Waals surface area contributed by atoms with Gasteiger partial charge in [-0.05, 0) is 31.2 Å². The molecule has 3 heterocycles. The number of benzene rings is 1. The van der Waals surface area contributed by atoms with Crippen molar-refractivity contribution in [2.45, 2.75) is 6.42 Å². The van der Waals surface area contributed by atoms with Gasteiger partial charge < -0.3 is 15.2 Å². The highest BCUT2D eigenvalue weighted by Crippen LogP contribution is 2.28. The van der Waals surface area contributed by atoms with Crippen LogP contribution in [0, 0.1) is 0 Å². The van der Waals surface area contributed by atoms with Gasteiger partial charge in [0.15, 0.2) is 0 Å². The van der Waals surface area contributed by atoms with E-state index in [0.717, 1.165) is 43.2 Å². The van der Waals surface area contributed by atoms with Crippen LogP contribution in [0.2, 0.25) is 0 Å². The predicted molar refractivity (Wildman–Crippen MR) is 91.2 cm³/mol. The highest BCUT2D eigenvalue weighted by molar-refractivity contribution is 5.94. The molecular formula is C18H20N4. The van der Waals surface area contributed by atoms with Crippen LogP contribution in [0.25, 0.3) is 22.2 Å². The molecule has 22 heavy (non-hydrogen) atoms. The lowest BCUT2D eigenvalue weighted by Crippen LogP contribution is -2.28. The maximum atomic E-state index is 4.91. The number of aromatic nitrogens is 2. The summed E-state index contributed by atoms with van der Waals surface area (Å²) in [4.78, 5) is 10.6.